The topological polar surface area (TPSA) is 12.0 Å². The Morgan fingerprint density at radius 2 is 1.57 bits per heavy atom. The smallest absolute Gasteiger partial charge is 0.0827 e. The van der Waals surface area contributed by atoms with E-state index in [1.165, 1.54) is 12.8 Å². The molecule has 0 heterocycles. The molecule has 0 radical (unpaired) electrons. The molecule has 124 valence electrons. The SMILES string of the molecule is C=CC(=C)NC(C)(S)C(C)(C)CCCCC(C)(S)C(C)C. The molecule has 0 fully saturated rings. The van der Waals surface area contributed by atoms with Crippen LogP contribution in [0.2, 0.25) is 0 Å². The van der Waals surface area contributed by atoms with Gasteiger partial charge in [0.05, 0.1) is 4.87 Å². The van der Waals surface area contributed by atoms with Crippen LogP contribution in [0.4, 0.5) is 0 Å². The van der Waals surface area contributed by atoms with E-state index < -0.39 is 0 Å². The van der Waals surface area contributed by atoms with E-state index in [1.807, 2.05) is 0 Å². The molecular formula is C18H35NS2. The molecule has 2 atom stereocenters. The van der Waals surface area contributed by atoms with Crippen LogP contribution in [0.25, 0.3) is 0 Å². The molecular weight excluding hydrogens is 294 g/mol. The van der Waals surface area contributed by atoms with E-state index in [9.17, 15) is 0 Å². The van der Waals surface area contributed by atoms with Crippen LogP contribution >= 0.6 is 25.3 Å². The fourth-order valence-corrected chi connectivity index (χ4v) is 2.53. The summed E-state index contributed by atoms with van der Waals surface area (Å²) in [6, 6.07) is 0. The third-order valence-corrected chi connectivity index (χ3v) is 6.40. The van der Waals surface area contributed by atoms with Gasteiger partial charge in [-0.15, -0.1) is 0 Å². The summed E-state index contributed by atoms with van der Waals surface area (Å²) in [4.78, 5) is -0.305. The van der Waals surface area contributed by atoms with Gasteiger partial charge in [0.15, 0.2) is 0 Å². The molecule has 0 saturated carbocycles. The summed E-state index contributed by atoms with van der Waals surface area (Å²) in [5.41, 5.74) is 0.885. The molecule has 21 heavy (non-hydrogen) atoms. The first-order chi connectivity index (χ1) is 9.35. The van der Waals surface area contributed by atoms with Gasteiger partial charge in [-0.25, -0.2) is 0 Å². The van der Waals surface area contributed by atoms with Crippen molar-refractivity contribution in [2.24, 2.45) is 11.3 Å². The Labute approximate surface area is 143 Å². The third-order valence-electron chi connectivity index (χ3n) is 4.95. The van der Waals surface area contributed by atoms with Crippen LogP contribution in [-0.2, 0) is 0 Å². The highest BCUT2D eigenvalue weighted by molar-refractivity contribution is 7.82. The Kier molecular flexibility index (Phi) is 8.00. The molecule has 3 heteroatoms. The lowest BCUT2D eigenvalue weighted by molar-refractivity contribution is 0.214. The van der Waals surface area contributed by atoms with Crippen LogP contribution in [0.15, 0.2) is 24.9 Å². The summed E-state index contributed by atoms with van der Waals surface area (Å²) in [6.07, 6.45) is 6.40. The predicted octanol–water partition coefficient (Wildman–Crippen LogP) is 5.85. The summed E-state index contributed by atoms with van der Waals surface area (Å²) < 4.78 is 0.129. The van der Waals surface area contributed by atoms with E-state index in [0.29, 0.717) is 5.92 Å². The van der Waals surface area contributed by atoms with Crippen molar-refractivity contribution in [3.05, 3.63) is 24.9 Å². The van der Waals surface area contributed by atoms with E-state index in [2.05, 4.69) is 60.0 Å². The molecule has 0 aliphatic rings. The van der Waals surface area contributed by atoms with Gasteiger partial charge in [0.2, 0.25) is 0 Å². The van der Waals surface area contributed by atoms with Gasteiger partial charge in [-0.3, -0.25) is 0 Å². The molecule has 0 spiro atoms. The number of rotatable bonds is 10. The first-order valence-corrected chi connectivity index (χ1v) is 8.79. The molecule has 0 aliphatic heterocycles. The zero-order chi connectivity index (χ0) is 16.9. The van der Waals surface area contributed by atoms with Crippen molar-refractivity contribution in [1.29, 1.82) is 0 Å². The number of allylic oxidation sites excluding steroid dienone is 1. The van der Waals surface area contributed by atoms with Gasteiger partial charge < -0.3 is 5.32 Å². The summed E-state index contributed by atoms with van der Waals surface area (Å²) in [5, 5.41) is 3.36. The second-order valence-corrected chi connectivity index (χ2v) is 9.45. The average molecular weight is 330 g/mol. The molecule has 0 rings (SSSR count). The maximum Gasteiger partial charge on any atom is 0.0827 e. The Bertz CT molecular complexity index is 354. The standard InChI is InChI=1S/C18H35NS2/c1-9-15(4)19-18(8,21)16(5,6)12-10-11-13-17(7,20)14(2)3/h9,14,19-21H,1,4,10-13H2,2-3,5-8H3. The van der Waals surface area contributed by atoms with E-state index in [1.54, 1.807) is 6.08 Å². The minimum absolute atomic E-state index is 0.0624. The molecule has 2 unspecified atom stereocenters. The number of hydrogen-bond donors (Lipinski definition) is 3. The van der Waals surface area contributed by atoms with Crippen molar-refractivity contribution in [2.45, 2.75) is 76.8 Å². The average Bonchev–Trinajstić information content (AvgIpc) is 2.33. The van der Waals surface area contributed by atoms with Gasteiger partial charge in [-0.2, -0.15) is 25.3 Å². The predicted molar refractivity (Wildman–Crippen MR) is 104 cm³/mol. The van der Waals surface area contributed by atoms with Gasteiger partial charge in [-0.1, -0.05) is 60.6 Å². The lowest BCUT2D eigenvalue weighted by Gasteiger charge is -2.42. The van der Waals surface area contributed by atoms with Gasteiger partial charge in [0.1, 0.15) is 0 Å². The highest BCUT2D eigenvalue weighted by Gasteiger charge is 2.37. The molecule has 0 aromatic carbocycles. The van der Waals surface area contributed by atoms with Crippen LogP contribution in [0.1, 0.15) is 67.2 Å². The zero-order valence-electron chi connectivity index (χ0n) is 14.8. The Morgan fingerprint density at radius 1 is 1.10 bits per heavy atom. The van der Waals surface area contributed by atoms with E-state index >= 15 is 0 Å². The molecule has 0 bridgehead atoms. The maximum absolute atomic E-state index is 4.82. The minimum Gasteiger partial charge on any atom is -0.371 e. The van der Waals surface area contributed by atoms with Gasteiger partial charge >= 0.3 is 0 Å². The van der Waals surface area contributed by atoms with E-state index in [-0.39, 0.29) is 15.0 Å². The molecule has 0 aromatic heterocycles. The van der Waals surface area contributed by atoms with Crippen molar-refractivity contribution < 1.29 is 0 Å². The summed E-state index contributed by atoms with van der Waals surface area (Å²) in [5.74, 6) is 0.599. The van der Waals surface area contributed by atoms with Crippen molar-refractivity contribution in [2.75, 3.05) is 0 Å². The fraction of sp³-hybridized carbons (Fsp3) is 0.778. The summed E-state index contributed by atoms with van der Waals surface area (Å²) >= 11 is 9.61. The van der Waals surface area contributed by atoms with Gasteiger partial charge in [0.25, 0.3) is 0 Å². The summed E-state index contributed by atoms with van der Waals surface area (Å²) in [7, 11) is 0. The Morgan fingerprint density at radius 3 is 2.00 bits per heavy atom. The molecule has 0 aromatic rings. The lowest BCUT2D eigenvalue weighted by atomic mass is 9.79. The molecule has 0 amide bonds. The highest BCUT2D eigenvalue weighted by Crippen LogP contribution is 2.40. The minimum atomic E-state index is -0.305. The second kappa shape index (κ2) is 8.01. The molecule has 0 aliphatic carbocycles. The van der Waals surface area contributed by atoms with Crippen molar-refractivity contribution in [3.63, 3.8) is 0 Å². The summed E-state index contributed by atoms with van der Waals surface area (Å²) in [6.45, 7) is 21.0. The first-order valence-electron chi connectivity index (χ1n) is 7.90. The lowest BCUT2D eigenvalue weighted by Crippen LogP contribution is -2.48. The third kappa shape index (κ3) is 6.73. The van der Waals surface area contributed by atoms with Crippen LogP contribution in [-0.4, -0.2) is 9.62 Å². The number of hydrogen-bond acceptors (Lipinski definition) is 3. The Hall–Kier alpha value is -0.0200. The van der Waals surface area contributed by atoms with Crippen LogP contribution in [0.3, 0.4) is 0 Å². The quantitative estimate of drug-likeness (QED) is 0.197. The van der Waals surface area contributed by atoms with Crippen LogP contribution in [0, 0.1) is 11.3 Å². The van der Waals surface area contributed by atoms with Crippen molar-refractivity contribution >= 4 is 25.3 Å². The highest BCUT2D eigenvalue weighted by atomic mass is 32.1. The molecule has 1 N–H and O–H groups in total. The van der Waals surface area contributed by atoms with Crippen molar-refractivity contribution in [3.8, 4) is 0 Å². The first kappa shape index (κ1) is 21.0. The van der Waals surface area contributed by atoms with E-state index in [0.717, 1.165) is 18.5 Å². The monoisotopic (exact) mass is 329 g/mol. The van der Waals surface area contributed by atoms with Crippen LogP contribution in [0.5, 0.6) is 0 Å². The number of nitrogens with one attached hydrogen (secondary N) is 1. The number of thiol groups is 2. The zero-order valence-corrected chi connectivity index (χ0v) is 16.6. The number of unbranched alkanes of at least 4 members (excludes halogenated alkanes) is 1. The van der Waals surface area contributed by atoms with Gasteiger partial charge in [-0.05, 0) is 37.2 Å². The molecule has 0 saturated heterocycles. The van der Waals surface area contributed by atoms with Crippen LogP contribution < -0.4 is 5.32 Å². The van der Waals surface area contributed by atoms with E-state index in [4.69, 9.17) is 25.3 Å². The maximum atomic E-state index is 4.82. The fourth-order valence-electron chi connectivity index (χ4n) is 2.11. The van der Waals surface area contributed by atoms with Gasteiger partial charge in [0, 0.05) is 10.4 Å². The second-order valence-electron chi connectivity index (χ2n) is 7.53. The normalized spacial score (nSPS) is 18.0. The Balaban J connectivity index is 4.42. The largest absolute Gasteiger partial charge is 0.371 e. The van der Waals surface area contributed by atoms with Crippen molar-refractivity contribution in [1.82, 2.24) is 5.32 Å². The molecule has 1 nitrogen and oxygen atoms in total.